The number of benzene rings is 1. The molecular formula is C25H29BrClN5O. The molecule has 0 amide bonds. The van der Waals surface area contributed by atoms with Gasteiger partial charge in [-0.25, -0.2) is 4.98 Å². The maximum absolute atomic E-state index is 6.46. The minimum absolute atomic E-state index is 0.353. The number of methoxy groups -OCH3 is 1. The maximum Gasteiger partial charge on any atom is 0.172 e. The summed E-state index contributed by atoms with van der Waals surface area (Å²) in [6.45, 7) is 7.00. The molecule has 0 saturated carbocycles. The number of nitrogens with one attached hydrogen (secondary N) is 1. The number of fused-ring (bicyclic) bond motifs is 1. The molecule has 0 aliphatic carbocycles. The number of ether oxygens (including phenoxy) is 1. The van der Waals surface area contributed by atoms with Crippen LogP contribution in [-0.2, 0) is 4.74 Å². The fourth-order valence-electron chi connectivity index (χ4n) is 4.14. The first-order valence-electron chi connectivity index (χ1n) is 11.1. The molecule has 6 nitrogen and oxygen atoms in total. The molecule has 174 valence electrons. The lowest BCUT2D eigenvalue weighted by molar-refractivity contribution is 0.228. The van der Waals surface area contributed by atoms with Crippen molar-refractivity contribution >= 4 is 39.0 Å². The van der Waals surface area contributed by atoms with Crippen LogP contribution in [0.1, 0.15) is 26.7 Å². The highest BCUT2D eigenvalue weighted by Crippen LogP contribution is 2.31. The molecule has 1 aromatic carbocycles. The fourth-order valence-corrected chi connectivity index (χ4v) is 4.73. The number of hydrogen-bond acceptors (Lipinski definition) is 5. The predicted molar refractivity (Wildman–Crippen MR) is 139 cm³/mol. The second-order valence-corrected chi connectivity index (χ2v) is 9.48. The number of aromatic nitrogens is 3. The molecule has 0 spiro atoms. The molecule has 1 N–H and O–H groups in total. The summed E-state index contributed by atoms with van der Waals surface area (Å²) in [5.74, 6) is 1.90. The molecule has 0 radical (unpaired) electrons. The lowest BCUT2D eigenvalue weighted by Crippen LogP contribution is -2.40. The minimum atomic E-state index is 0.353. The van der Waals surface area contributed by atoms with E-state index in [1.54, 1.807) is 13.3 Å². The first-order valence-corrected chi connectivity index (χ1v) is 12.3. The molecular weight excluding hydrogens is 502 g/mol. The Labute approximate surface area is 208 Å². The topological polar surface area (TPSA) is 54.7 Å². The Balaban J connectivity index is 1.52. The van der Waals surface area contributed by atoms with Crippen LogP contribution < -0.4 is 5.32 Å². The maximum atomic E-state index is 6.46. The lowest BCUT2D eigenvalue weighted by atomic mass is 10.0. The first-order chi connectivity index (χ1) is 16.0. The number of hydrogen-bond donors (Lipinski definition) is 1. The Morgan fingerprint density at radius 3 is 2.76 bits per heavy atom. The third-order valence-corrected chi connectivity index (χ3v) is 6.93. The first kappa shape index (κ1) is 23.8. The van der Waals surface area contributed by atoms with Crippen LogP contribution in [-0.4, -0.2) is 52.3 Å². The van der Waals surface area contributed by atoms with E-state index >= 15 is 0 Å². The molecule has 0 unspecified atom stereocenters. The molecule has 0 atom stereocenters. The summed E-state index contributed by atoms with van der Waals surface area (Å²) in [6.07, 6.45) is 8.08. The molecule has 3 aromatic rings. The smallest absolute Gasteiger partial charge is 0.172 e. The highest BCUT2D eigenvalue weighted by atomic mass is 79.9. The zero-order chi connectivity index (χ0) is 23.4. The van der Waals surface area contributed by atoms with Gasteiger partial charge in [0.25, 0.3) is 0 Å². The number of piperidine rings is 1. The third kappa shape index (κ3) is 5.42. The van der Waals surface area contributed by atoms with Gasteiger partial charge in [-0.05, 0) is 48.7 Å². The van der Waals surface area contributed by atoms with E-state index in [1.807, 2.05) is 48.7 Å². The highest BCUT2D eigenvalue weighted by molar-refractivity contribution is 9.10. The Kier molecular flexibility index (Phi) is 7.73. The van der Waals surface area contributed by atoms with E-state index in [0.717, 1.165) is 65.4 Å². The van der Waals surface area contributed by atoms with Crippen LogP contribution in [0.15, 0.2) is 64.5 Å². The van der Waals surface area contributed by atoms with E-state index in [2.05, 4.69) is 43.4 Å². The van der Waals surface area contributed by atoms with Crippen LogP contribution in [0.4, 0.5) is 5.82 Å². The molecule has 4 rings (SSSR count). The molecule has 0 bridgehead atoms. The van der Waals surface area contributed by atoms with E-state index in [-0.39, 0.29) is 0 Å². The number of allylic oxidation sites excluding steroid dienone is 2. The van der Waals surface area contributed by atoms with Crippen LogP contribution in [0.25, 0.3) is 16.9 Å². The molecule has 1 aliphatic heterocycles. The summed E-state index contributed by atoms with van der Waals surface area (Å²) in [6, 6.07) is 10.2. The van der Waals surface area contributed by atoms with Crippen LogP contribution in [0.5, 0.6) is 0 Å². The van der Waals surface area contributed by atoms with E-state index in [1.165, 1.54) is 5.57 Å². The number of nitrogens with zero attached hydrogens (tertiary/aromatic N) is 4. The second kappa shape index (κ2) is 10.7. The normalized spacial score (nSPS) is 16.4. The van der Waals surface area contributed by atoms with Gasteiger partial charge in [0, 0.05) is 47.9 Å². The Hall–Kier alpha value is -2.35. The van der Waals surface area contributed by atoms with Crippen molar-refractivity contribution in [2.75, 3.05) is 32.1 Å². The highest BCUT2D eigenvalue weighted by Gasteiger charge is 2.22. The molecule has 1 saturated heterocycles. The van der Waals surface area contributed by atoms with Gasteiger partial charge in [-0.15, -0.1) is 0 Å². The third-order valence-electron chi connectivity index (χ3n) is 6.04. The SMILES string of the molecule is C/C=C\C(CN1CCC(Nc2cc(-c3ccccc3Cl)nc3c(Br)cnn23)CC1)=C(/C)OC. The van der Waals surface area contributed by atoms with Gasteiger partial charge < -0.3 is 10.1 Å². The molecule has 8 heteroatoms. The fraction of sp³-hybridized carbons (Fsp3) is 0.360. The number of rotatable bonds is 7. The van der Waals surface area contributed by atoms with Crippen LogP contribution >= 0.6 is 27.5 Å². The standard InChI is InChI=1S/C25H29BrClN5O/c1-4-7-18(17(2)33-3)16-31-12-10-19(11-13-31)29-24-14-23(20-8-5-6-9-22(20)27)30-25-21(26)15-28-32(24)25/h4-9,14-15,19,29H,10-13,16H2,1-3H3/b7-4-,18-17-. The van der Waals surface area contributed by atoms with Crippen LogP contribution in [0.2, 0.25) is 5.02 Å². The monoisotopic (exact) mass is 529 g/mol. The van der Waals surface area contributed by atoms with Crippen molar-refractivity contribution in [3.63, 3.8) is 0 Å². The van der Waals surface area contributed by atoms with Gasteiger partial charge in [0.05, 0.1) is 29.2 Å². The van der Waals surface area contributed by atoms with Gasteiger partial charge in [-0.1, -0.05) is 42.0 Å². The number of anilines is 1. The van der Waals surface area contributed by atoms with Crippen molar-refractivity contribution in [2.45, 2.75) is 32.7 Å². The summed E-state index contributed by atoms with van der Waals surface area (Å²) >= 11 is 10.0. The zero-order valence-corrected chi connectivity index (χ0v) is 21.5. The Morgan fingerprint density at radius 2 is 2.06 bits per heavy atom. The zero-order valence-electron chi connectivity index (χ0n) is 19.2. The quantitative estimate of drug-likeness (QED) is 0.292. The molecule has 33 heavy (non-hydrogen) atoms. The average Bonchev–Trinajstić information content (AvgIpc) is 3.20. The summed E-state index contributed by atoms with van der Waals surface area (Å²) in [4.78, 5) is 7.29. The van der Waals surface area contributed by atoms with Crippen LogP contribution in [0, 0.1) is 0 Å². The van der Waals surface area contributed by atoms with Gasteiger partial charge in [0.2, 0.25) is 0 Å². The van der Waals surface area contributed by atoms with Crippen LogP contribution in [0.3, 0.4) is 0 Å². The van der Waals surface area contributed by atoms with Crippen molar-refractivity contribution in [1.82, 2.24) is 19.5 Å². The van der Waals surface area contributed by atoms with Crippen molar-refractivity contribution in [2.24, 2.45) is 0 Å². The van der Waals surface area contributed by atoms with Crippen molar-refractivity contribution in [3.8, 4) is 11.3 Å². The van der Waals surface area contributed by atoms with Crippen molar-refractivity contribution in [1.29, 1.82) is 0 Å². The van der Waals surface area contributed by atoms with E-state index in [9.17, 15) is 0 Å². The van der Waals surface area contributed by atoms with Gasteiger partial charge in [0.1, 0.15) is 5.82 Å². The van der Waals surface area contributed by atoms with Gasteiger partial charge in [0.15, 0.2) is 5.65 Å². The largest absolute Gasteiger partial charge is 0.501 e. The molecule has 3 heterocycles. The Morgan fingerprint density at radius 1 is 1.30 bits per heavy atom. The second-order valence-electron chi connectivity index (χ2n) is 8.21. The van der Waals surface area contributed by atoms with Gasteiger partial charge >= 0.3 is 0 Å². The summed E-state index contributed by atoms with van der Waals surface area (Å²) in [5.41, 5.74) is 3.73. The van der Waals surface area contributed by atoms with Crippen molar-refractivity contribution in [3.05, 3.63) is 69.5 Å². The Bertz CT molecular complexity index is 1180. The molecule has 2 aromatic heterocycles. The number of likely N-dealkylation sites (tertiary alicyclic amines) is 1. The van der Waals surface area contributed by atoms with E-state index < -0.39 is 0 Å². The van der Waals surface area contributed by atoms with Gasteiger partial charge in [-0.2, -0.15) is 9.61 Å². The average molecular weight is 531 g/mol. The predicted octanol–water partition coefficient (Wildman–Crippen LogP) is 6.19. The van der Waals surface area contributed by atoms with E-state index in [4.69, 9.17) is 21.3 Å². The van der Waals surface area contributed by atoms with E-state index in [0.29, 0.717) is 11.1 Å². The minimum Gasteiger partial charge on any atom is -0.501 e. The summed E-state index contributed by atoms with van der Waals surface area (Å²) < 4.78 is 8.17. The molecule has 1 aliphatic rings. The van der Waals surface area contributed by atoms with Gasteiger partial charge in [-0.3, -0.25) is 4.90 Å². The summed E-state index contributed by atoms with van der Waals surface area (Å²) in [5, 5.41) is 8.92. The summed E-state index contributed by atoms with van der Waals surface area (Å²) in [7, 11) is 1.73. The number of halogens is 2. The lowest BCUT2D eigenvalue weighted by Gasteiger charge is -2.33. The van der Waals surface area contributed by atoms with Crippen molar-refractivity contribution < 1.29 is 4.74 Å². The molecule has 1 fully saturated rings.